The van der Waals surface area contributed by atoms with E-state index in [4.69, 9.17) is 25.8 Å². The molecule has 37 heavy (non-hydrogen) atoms. The number of carbonyl (C=O) groups excluding carboxylic acids is 3. The maximum absolute atomic E-state index is 13.5. The first kappa shape index (κ1) is 26.3. The van der Waals surface area contributed by atoms with E-state index >= 15 is 0 Å². The summed E-state index contributed by atoms with van der Waals surface area (Å²) in [5.41, 5.74) is 1.58. The number of rotatable bonds is 7. The van der Waals surface area contributed by atoms with Crippen LogP contribution in [0.3, 0.4) is 0 Å². The zero-order valence-electron chi connectivity index (χ0n) is 20.5. The number of halogens is 1. The standard InChI is InChI=1S/C26H24ClN3O6S/c1-5-36-25(33)21-14(2)28-26-30(22(21)17-7-6-8-18(34-3)23(17)35-4)20(31)13-19(37-26)24(32)29-16-11-9-15(27)10-12-16/h6-13,22H,5H2,1-4H3,(H,29,32). The summed E-state index contributed by atoms with van der Waals surface area (Å²) in [6.07, 6.45) is 1.22. The number of carbonyl (C=O) groups is 3. The number of nitrogens with one attached hydrogen (secondary N) is 1. The zero-order valence-corrected chi connectivity index (χ0v) is 22.1. The molecule has 1 atom stereocenters. The molecule has 2 aliphatic rings. The van der Waals surface area contributed by atoms with Crippen molar-refractivity contribution < 1.29 is 28.6 Å². The highest BCUT2D eigenvalue weighted by atomic mass is 35.5. The number of nitrogens with zero attached hydrogens (tertiary/aromatic N) is 2. The zero-order chi connectivity index (χ0) is 26.7. The fourth-order valence-electron chi connectivity index (χ4n) is 4.03. The maximum atomic E-state index is 13.5. The third-order valence-electron chi connectivity index (χ3n) is 5.63. The summed E-state index contributed by atoms with van der Waals surface area (Å²) in [4.78, 5) is 45.6. The Morgan fingerprint density at radius 3 is 2.51 bits per heavy atom. The van der Waals surface area contributed by atoms with Gasteiger partial charge in [0.15, 0.2) is 16.7 Å². The Kier molecular flexibility index (Phi) is 7.89. The van der Waals surface area contributed by atoms with Crippen molar-refractivity contribution in [3.05, 3.63) is 75.3 Å². The van der Waals surface area contributed by atoms with Crippen LogP contribution >= 0.6 is 23.4 Å². The number of aliphatic imine (C=N–C) groups is 1. The lowest BCUT2D eigenvalue weighted by molar-refractivity contribution is -0.139. The molecular formula is C26H24ClN3O6S. The van der Waals surface area contributed by atoms with E-state index < -0.39 is 23.8 Å². The second kappa shape index (κ2) is 11.1. The van der Waals surface area contributed by atoms with Crippen molar-refractivity contribution in [3.8, 4) is 11.5 Å². The molecule has 0 radical (unpaired) electrons. The van der Waals surface area contributed by atoms with Crippen LogP contribution in [-0.4, -0.2) is 48.7 Å². The third-order valence-corrected chi connectivity index (χ3v) is 6.88. The summed E-state index contributed by atoms with van der Waals surface area (Å²) in [6, 6.07) is 10.9. The predicted molar refractivity (Wildman–Crippen MR) is 142 cm³/mol. The number of anilines is 1. The average Bonchev–Trinajstić information content (AvgIpc) is 2.88. The molecule has 11 heteroatoms. The molecule has 1 N–H and O–H groups in total. The molecule has 0 saturated carbocycles. The molecule has 2 amide bonds. The number of methoxy groups -OCH3 is 2. The normalized spacial score (nSPS) is 16.9. The molecule has 2 aromatic rings. The van der Waals surface area contributed by atoms with Crippen molar-refractivity contribution in [2.45, 2.75) is 19.9 Å². The summed E-state index contributed by atoms with van der Waals surface area (Å²) < 4.78 is 16.4. The fraction of sp³-hybridized carbons (Fsp3) is 0.231. The minimum absolute atomic E-state index is 0.145. The monoisotopic (exact) mass is 541 g/mol. The highest BCUT2D eigenvalue weighted by Gasteiger charge is 2.44. The van der Waals surface area contributed by atoms with Gasteiger partial charge in [-0.05, 0) is 55.9 Å². The van der Waals surface area contributed by atoms with Gasteiger partial charge in [0, 0.05) is 22.3 Å². The quantitative estimate of drug-likeness (QED) is 0.506. The summed E-state index contributed by atoms with van der Waals surface area (Å²) >= 11 is 6.94. The van der Waals surface area contributed by atoms with Gasteiger partial charge in [-0.3, -0.25) is 14.5 Å². The van der Waals surface area contributed by atoms with Crippen LogP contribution in [0.1, 0.15) is 25.5 Å². The summed E-state index contributed by atoms with van der Waals surface area (Å²) in [6.45, 7) is 3.50. The van der Waals surface area contributed by atoms with Crippen molar-refractivity contribution in [1.29, 1.82) is 0 Å². The molecule has 0 fully saturated rings. The Labute approximate surface area is 223 Å². The van der Waals surface area contributed by atoms with Gasteiger partial charge in [-0.1, -0.05) is 23.7 Å². The summed E-state index contributed by atoms with van der Waals surface area (Å²) in [5, 5.41) is 3.53. The predicted octanol–water partition coefficient (Wildman–Crippen LogP) is 4.70. The maximum Gasteiger partial charge on any atom is 0.338 e. The summed E-state index contributed by atoms with van der Waals surface area (Å²) in [5.74, 6) is -0.815. The Bertz CT molecular complexity index is 1350. The number of amidine groups is 1. The molecular weight excluding hydrogens is 518 g/mol. The number of hydrogen-bond acceptors (Lipinski definition) is 8. The minimum atomic E-state index is -0.922. The average molecular weight is 542 g/mol. The van der Waals surface area contributed by atoms with Crippen molar-refractivity contribution in [2.24, 2.45) is 4.99 Å². The van der Waals surface area contributed by atoms with E-state index in [1.165, 1.54) is 25.2 Å². The topological polar surface area (TPSA) is 107 Å². The molecule has 4 rings (SSSR count). The minimum Gasteiger partial charge on any atom is -0.493 e. The lowest BCUT2D eigenvalue weighted by Crippen LogP contribution is -2.45. The number of amides is 2. The molecule has 1 unspecified atom stereocenters. The molecule has 0 spiro atoms. The van der Waals surface area contributed by atoms with Crippen LogP contribution in [0.2, 0.25) is 5.02 Å². The Balaban J connectivity index is 1.78. The molecule has 2 aliphatic heterocycles. The molecule has 0 bridgehead atoms. The van der Waals surface area contributed by atoms with Gasteiger partial charge < -0.3 is 19.5 Å². The van der Waals surface area contributed by atoms with E-state index in [1.54, 1.807) is 56.3 Å². The van der Waals surface area contributed by atoms with Crippen molar-refractivity contribution in [1.82, 2.24) is 4.90 Å². The van der Waals surface area contributed by atoms with Gasteiger partial charge in [-0.15, -0.1) is 0 Å². The number of fused-ring (bicyclic) bond motifs is 1. The highest BCUT2D eigenvalue weighted by Crippen LogP contribution is 2.46. The molecule has 9 nitrogen and oxygen atoms in total. The Morgan fingerprint density at radius 2 is 1.86 bits per heavy atom. The lowest BCUT2D eigenvalue weighted by atomic mass is 9.93. The molecule has 0 aromatic heterocycles. The van der Waals surface area contributed by atoms with Gasteiger partial charge in [-0.2, -0.15) is 0 Å². The first-order valence-corrected chi connectivity index (χ1v) is 12.5. The van der Waals surface area contributed by atoms with Crippen molar-refractivity contribution in [2.75, 3.05) is 26.1 Å². The number of esters is 1. The van der Waals surface area contributed by atoms with E-state index in [0.717, 1.165) is 11.8 Å². The SMILES string of the molecule is CCOC(=O)C1=C(C)N=C2SC(C(=O)Nc3ccc(Cl)cc3)=CC(=O)N2C1c1cccc(OC)c1OC. The number of para-hydroxylation sites is 1. The van der Waals surface area contributed by atoms with E-state index in [-0.39, 0.29) is 22.3 Å². The largest absolute Gasteiger partial charge is 0.493 e. The van der Waals surface area contributed by atoms with Gasteiger partial charge in [0.25, 0.3) is 11.8 Å². The number of thioether (sulfide) groups is 1. The Hall–Kier alpha value is -3.76. The van der Waals surface area contributed by atoms with E-state index in [1.807, 2.05) is 0 Å². The smallest absolute Gasteiger partial charge is 0.338 e. The lowest BCUT2D eigenvalue weighted by Gasteiger charge is -2.38. The van der Waals surface area contributed by atoms with Crippen LogP contribution in [-0.2, 0) is 19.1 Å². The van der Waals surface area contributed by atoms with Gasteiger partial charge in [-0.25, -0.2) is 9.79 Å². The van der Waals surface area contributed by atoms with Crippen LogP contribution in [0.4, 0.5) is 5.69 Å². The highest BCUT2D eigenvalue weighted by molar-refractivity contribution is 8.18. The van der Waals surface area contributed by atoms with Gasteiger partial charge in [0.05, 0.1) is 37.0 Å². The van der Waals surface area contributed by atoms with Crippen LogP contribution in [0.25, 0.3) is 0 Å². The first-order chi connectivity index (χ1) is 17.8. The van der Waals surface area contributed by atoms with Crippen LogP contribution in [0.15, 0.2) is 69.7 Å². The number of hydrogen-bond donors (Lipinski definition) is 1. The first-order valence-electron chi connectivity index (χ1n) is 11.3. The molecule has 192 valence electrons. The van der Waals surface area contributed by atoms with E-state index in [2.05, 4.69) is 10.3 Å². The number of allylic oxidation sites excluding steroid dienone is 1. The molecule has 2 aromatic carbocycles. The molecule has 2 heterocycles. The summed E-state index contributed by atoms with van der Waals surface area (Å²) in [7, 11) is 2.98. The second-order valence-corrected chi connectivity index (χ2v) is 9.32. The van der Waals surface area contributed by atoms with E-state index in [0.29, 0.717) is 33.5 Å². The number of ether oxygens (including phenoxy) is 3. The van der Waals surface area contributed by atoms with Gasteiger partial charge >= 0.3 is 5.97 Å². The molecule has 0 saturated heterocycles. The second-order valence-electron chi connectivity index (χ2n) is 7.88. The van der Waals surface area contributed by atoms with Crippen LogP contribution in [0, 0.1) is 0 Å². The third kappa shape index (κ3) is 5.21. The Morgan fingerprint density at radius 1 is 1.14 bits per heavy atom. The van der Waals surface area contributed by atoms with Gasteiger partial charge in [0.2, 0.25) is 0 Å². The van der Waals surface area contributed by atoms with Crippen molar-refractivity contribution in [3.63, 3.8) is 0 Å². The van der Waals surface area contributed by atoms with Gasteiger partial charge in [0.1, 0.15) is 6.04 Å². The number of benzene rings is 2. The fourth-order valence-corrected chi connectivity index (χ4v) is 5.13. The van der Waals surface area contributed by atoms with Crippen molar-refractivity contribution >= 4 is 52.0 Å². The van der Waals surface area contributed by atoms with Crippen LogP contribution < -0.4 is 14.8 Å². The van der Waals surface area contributed by atoms with E-state index in [9.17, 15) is 14.4 Å². The molecule has 0 aliphatic carbocycles. The van der Waals surface area contributed by atoms with Crippen LogP contribution in [0.5, 0.6) is 11.5 Å².